The number of halogens is 1. The molecule has 1 aromatic rings. The molecule has 4 nitrogen and oxygen atoms in total. The molecule has 3 N–H and O–H groups in total. The minimum absolute atomic E-state index is 0.0925. The third kappa shape index (κ3) is 3.25. The van der Waals surface area contributed by atoms with Gasteiger partial charge in [0.15, 0.2) is 0 Å². The van der Waals surface area contributed by atoms with Crippen molar-refractivity contribution in [1.82, 2.24) is 4.90 Å². The maximum absolute atomic E-state index is 7.70. The van der Waals surface area contributed by atoms with Gasteiger partial charge >= 0.3 is 0 Å². The van der Waals surface area contributed by atoms with E-state index in [1.807, 2.05) is 12.1 Å². The van der Waals surface area contributed by atoms with Gasteiger partial charge in [-0.05, 0) is 39.0 Å². The standard InChI is InChI=1S/C15H23ClN4/c1-15(2,3)20-8-6-19(7-9-20)13-10-11(16)4-5-12(13)14(17)18/h4-5,10H,6-9H2,1-3H3,(H3,17,18). The van der Waals surface area contributed by atoms with Gasteiger partial charge in [0.2, 0.25) is 0 Å². The molecule has 0 bridgehead atoms. The molecule has 110 valence electrons. The van der Waals surface area contributed by atoms with E-state index in [1.165, 1.54) is 0 Å². The third-order valence-electron chi connectivity index (χ3n) is 3.82. The molecule has 1 aliphatic rings. The molecule has 0 saturated carbocycles. The summed E-state index contributed by atoms with van der Waals surface area (Å²) >= 11 is 6.09. The molecule has 0 atom stereocenters. The maximum Gasteiger partial charge on any atom is 0.124 e. The van der Waals surface area contributed by atoms with Crippen molar-refractivity contribution < 1.29 is 0 Å². The second-order valence-corrected chi connectivity index (χ2v) is 6.66. The molecule has 0 spiro atoms. The summed E-state index contributed by atoms with van der Waals surface area (Å²) in [5.41, 5.74) is 7.60. The topological polar surface area (TPSA) is 56.4 Å². The van der Waals surface area contributed by atoms with Crippen LogP contribution in [0.25, 0.3) is 0 Å². The highest BCUT2D eigenvalue weighted by Gasteiger charge is 2.26. The van der Waals surface area contributed by atoms with E-state index in [4.69, 9.17) is 22.7 Å². The van der Waals surface area contributed by atoms with Gasteiger partial charge in [-0.2, -0.15) is 0 Å². The number of amidine groups is 1. The number of hydrogen-bond donors (Lipinski definition) is 2. The number of nitrogens with two attached hydrogens (primary N) is 1. The Morgan fingerprint density at radius 3 is 2.30 bits per heavy atom. The number of nitrogens with zero attached hydrogens (tertiary/aromatic N) is 2. The number of piperazine rings is 1. The number of anilines is 1. The molecule has 20 heavy (non-hydrogen) atoms. The summed E-state index contributed by atoms with van der Waals surface area (Å²) in [7, 11) is 0. The first-order chi connectivity index (χ1) is 9.29. The largest absolute Gasteiger partial charge is 0.384 e. The first kappa shape index (κ1) is 15.1. The zero-order valence-corrected chi connectivity index (χ0v) is 13.2. The molecule has 0 aliphatic carbocycles. The normalized spacial score (nSPS) is 17.3. The summed E-state index contributed by atoms with van der Waals surface area (Å²) in [5, 5.41) is 8.39. The summed E-state index contributed by atoms with van der Waals surface area (Å²) in [6, 6.07) is 5.52. The second-order valence-electron chi connectivity index (χ2n) is 6.22. The molecule has 1 aliphatic heterocycles. The molecule has 5 heteroatoms. The Bertz CT molecular complexity index is 499. The Hall–Kier alpha value is -1.26. The number of nitrogens with one attached hydrogen (secondary N) is 1. The Labute approximate surface area is 126 Å². The van der Waals surface area contributed by atoms with Gasteiger partial charge in [0.05, 0.1) is 0 Å². The molecule has 1 saturated heterocycles. The minimum atomic E-state index is 0.0925. The maximum atomic E-state index is 7.70. The molecule has 2 rings (SSSR count). The van der Waals surface area contributed by atoms with Crippen molar-refractivity contribution in [2.75, 3.05) is 31.1 Å². The van der Waals surface area contributed by atoms with E-state index in [2.05, 4.69) is 30.6 Å². The Morgan fingerprint density at radius 1 is 1.20 bits per heavy atom. The van der Waals surface area contributed by atoms with Crippen molar-refractivity contribution >= 4 is 23.1 Å². The van der Waals surface area contributed by atoms with Gasteiger partial charge in [0.25, 0.3) is 0 Å². The van der Waals surface area contributed by atoms with Crippen LogP contribution in [-0.2, 0) is 0 Å². The number of rotatable bonds is 2. The van der Waals surface area contributed by atoms with E-state index in [1.54, 1.807) is 6.07 Å². The van der Waals surface area contributed by atoms with Gasteiger partial charge < -0.3 is 10.6 Å². The van der Waals surface area contributed by atoms with Gasteiger partial charge in [-0.3, -0.25) is 10.3 Å². The highest BCUT2D eigenvalue weighted by atomic mass is 35.5. The summed E-state index contributed by atoms with van der Waals surface area (Å²) in [6.07, 6.45) is 0. The Morgan fingerprint density at radius 2 is 1.80 bits per heavy atom. The molecule has 1 fully saturated rings. The summed E-state index contributed by atoms with van der Waals surface area (Å²) in [5.74, 6) is 0.0925. The van der Waals surface area contributed by atoms with Crippen LogP contribution in [0.1, 0.15) is 26.3 Å². The average Bonchev–Trinajstić information content (AvgIpc) is 2.37. The van der Waals surface area contributed by atoms with Crippen molar-refractivity contribution in [3.05, 3.63) is 28.8 Å². The highest BCUT2D eigenvalue weighted by Crippen LogP contribution is 2.27. The number of benzene rings is 1. The molecular weight excluding hydrogens is 272 g/mol. The smallest absolute Gasteiger partial charge is 0.124 e. The number of nitrogen functional groups attached to an aromatic ring is 1. The van der Waals surface area contributed by atoms with Crippen LogP contribution in [-0.4, -0.2) is 42.5 Å². The van der Waals surface area contributed by atoms with E-state index in [0.717, 1.165) is 37.4 Å². The van der Waals surface area contributed by atoms with Crippen LogP contribution in [0, 0.1) is 5.41 Å². The zero-order valence-electron chi connectivity index (χ0n) is 12.4. The van der Waals surface area contributed by atoms with Crippen LogP contribution in [0.2, 0.25) is 5.02 Å². The summed E-state index contributed by atoms with van der Waals surface area (Å²) in [6.45, 7) is 10.6. The van der Waals surface area contributed by atoms with Crippen molar-refractivity contribution in [3.63, 3.8) is 0 Å². The lowest BCUT2D eigenvalue weighted by atomic mass is 10.0. The SMILES string of the molecule is CC(C)(C)N1CCN(c2cc(Cl)ccc2C(=N)N)CC1. The van der Waals surface area contributed by atoms with Gasteiger partial charge in [-0.1, -0.05) is 11.6 Å². The van der Waals surface area contributed by atoms with Crippen molar-refractivity contribution in [2.24, 2.45) is 5.73 Å². The monoisotopic (exact) mass is 294 g/mol. The van der Waals surface area contributed by atoms with Crippen LogP contribution in [0.15, 0.2) is 18.2 Å². The first-order valence-corrected chi connectivity index (χ1v) is 7.31. The van der Waals surface area contributed by atoms with Crippen LogP contribution in [0.4, 0.5) is 5.69 Å². The predicted molar refractivity (Wildman–Crippen MR) is 86.0 cm³/mol. The quantitative estimate of drug-likeness (QED) is 0.651. The predicted octanol–water partition coefficient (Wildman–Crippen LogP) is 2.54. The van der Waals surface area contributed by atoms with E-state index < -0.39 is 0 Å². The molecular formula is C15H23ClN4. The molecule has 1 aromatic carbocycles. The lowest BCUT2D eigenvalue weighted by Gasteiger charge is -2.43. The fourth-order valence-electron chi connectivity index (χ4n) is 2.61. The lowest BCUT2D eigenvalue weighted by molar-refractivity contribution is 0.128. The molecule has 0 aromatic heterocycles. The van der Waals surface area contributed by atoms with Gasteiger partial charge in [0.1, 0.15) is 5.84 Å². The van der Waals surface area contributed by atoms with Crippen LogP contribution < -0.4 is 10.6 Å². The summed E-state index contributed by atoms with van der Waals surface area (Å²) in [4.78, 5) is 4.74. The van der Waals surface area contributed by atoms with E-state index in [9.17, 15) is 0 Å². The van der Waals surface area contributed by atoms with E-state index in [0.29, 0.717) is 5.02 Å². The first-order valence-electron chi connectivity index (χ1n) is 6.93. The van der Waals surface area contributed by atoms with Gasteiger partial charge in [-0.25, -0.2) is 0 Å². The fourth-order valence-corrected chi connectivity index (χ4v) is 2.78. The second kappa shape index (κ2) is 5.62. The Balaban J connectivity index is 2.18. The van der Waals surface area contributed by atoms with Gasteiger partial charge in [-0.15, -0.1) is 0 Å². The summed E-state index contributed by atoms with van der Waals surface area (Å²) < 4.78 is 0. The third-order valence-corrected chi connectivity index (χ3v) is 4.05. The van der Waals surface area contributed by atoms with Crippen LogP contribution in [0.3, 0.4) is 0 Å². The fraction of sp³-hybridized carbons (Fsp3) is 0.533. The average molecular weight is 295 g/mol. The van der Waals surface area contributed by atoms with Crippen LogP contribution >= 0.6 is 11.6 Å². The number of hydrogen-bond acceptors (Lipinski definition) is 3. The van der Waals surface area contributed by atoms with Crippen LogP contribution in [0.5, 0.6) is 0 Å². The molecule has 1 heterocycles. The molecule has 0 amide bonds. The van der Waals surface area contributed by atoms with E-state index in [-0.39, 0.29) is 11.4 Å². The molecule has 0 unspecified atom stereocenters. The highest BCUT2D eigenvalue weighted by molar-refractivity contribution is 6.31. The van der Waals surface area contributed by atoms with Gasteiger partial charge in [0, 0.05) is 48.0 Å². The minimum Gasteiger partial charge on any atom is -0.384 e. The lowest BCUT2D eigenvalue weighted by Crippen LogP contribution is -2.53. The van der Waals surface area contributed by atoms with Crippen molar-refractivity contribution in [3.8, 4) is 0 Å². The molecule has 0 radical (unpaired) electrons. The van der Waals surface area contributed by atoms with Crippen molar-refractivity contribution in [1.29, 1.82) is 5.41 Å². The zero-order chi connectivity index (χ0) is 14.9. The van der Waals surface area contributed by atoms with E-state index >= 15 is 0 Å². The van der Waals surface area contributed by atoms with Crippen molar-refractivity contribution in [2.45, 2.75) is 26.3 Å². The Kier molecular flexibility index (Phi) is 4.25.